The smallest absolute Gasteiger partial charge is 0.220 e. The van der Waals surface area contributed by atoms with Crippen LogP contribution in [-0.2, 0) is 4.79 Å². The van der Waals surface area contributed by atoms with Crippen molar-refractivity contribution < 1.29 is 15.2 Å². The van der Waals surface area contributed by atoms with Gasteiger partial charge in [0.1, 0.15) is 0 Å². The topological polar surface area (TPSA) is 72.8 Å². The van der Waals surface area contributed by atoms with Gasteiger partial charge in [-0.1, -0.05) is 96.1 Å². The first-order chi connectivity index (χ1) is 12.5. The van der Waals surface area contributed by atoms with E-state index >= 15 is 0 Å². The van der Waals surface area contributed by atoms with Crippen molar-refractivity contribution in [1.29, 1.82) is 0 Å². The van der Waals surface area contributed by atoms with Crippen LogP contribution in [0.4, 0.5) is 0 Å². The van der Waals surface area contributed by atoms with Gasteiger partial charge >= 0.3 is 0 Å². The van der Waals surface area contributed by atoms with Crippen molar-refractivity contribution in [3.8, 4) is 0 Å². The van der Waals surface area contributed by atoms with Crippen LogP contribution in [0.1, 0.15) is 117 Å². The summed E-state index contributed by atoms with van der Waals surface area (Å²) in [5.41, 5.74) is 0. The van der Waals surface area contributed by atoms with E-state index in [1.54, 1.807) is 6.92 Å². The molecule has 0 aliphatic rings. The van der Waals surface area contributed by atoms with Gasteiger partial charge in [0.05, 0.1) is 6.04 Å². The van der Waals surface area contributed by atoms with Crippen LogP contribution in [-0.4, -0.2) is 33.6 Å². The lowest BCUT2D eigenvalue weighted by Gasteiger charge is -2.26. The fraction of sp³-hybridized carbons (Fsp3) is 0.952. The van der Waals surface area contributed by atoms with Crippen molar-refractivity contribution in [2.45, 2.75) is 129 Å². The van der Waals surface area contributed by atoms with Gasteiger partial charge in [-0.3, -0.25) is 15.2 Å². The monoisotopic (exact) mass is 372 g/mol. The van der Waals surface area contributed by atoms with E-state index in [-0.39, 0.29) is 17.2 Å². The van der Waals surface area contributed by atoms with Crippen molar-refractivity contribution in [2.24, 2.45) is 0 Å². The Morgan fingerprint density at radius 3 is 1.62 bits per heavy atom. The van der Waals surface area contributed by atoms with E-state index in [4.69, 9.17) is 10.4 Å². The highest BCUT2D eigenvalue weighted by molar-refractivity contribution is 5.76. The van der Waals surface area contributed by atoms with E-state index < -0.39 is 6.04 Å². The third-order valence-corrected chi connectivity index (χ3v) is 5.24. The normalized spacial score (nSPS) is 13.8. The Morgan fingerprint density at radius 1 is 0.808 bits per heavy atom. The number of unbranched alkanes of at least 4 members (excludes halogenated alkanes) is 12. The second-order valence-electron chi connectivity index (χ2n) is 7.64. The van der Waals surface area contributed by atoms with Crippen LogP contribution < -0.4 is 5.32 Å². The molecule has 2 unspecified atom stereocenters. The van der Waals surface area contributed by atoms with Gasteiger partial charge in [-0.05, 0) is 19.8 Å². The van der Waals surface area contributed by atoms with Crippen LogP contribution in [0.5, 0.6) is 0 Å². The summed E-state index contributed by atoms with van der Waals surface area (Å²) in [5, 5.41) is 21.2. The predicted molar refractivity (Wildman–Crippen MR) is 107 cm³/mol. The fourth-order valence-corrected chi connectivity index (χ4v) is 3.31. The second kappa shape index (κ2) is 17.7. The molecule has 0 heterocycles. The Bertz CT molecular complexity index is 324. The highest BCUT2D eigenvalue weighted by Gasteiger charge is 2.21. The molecule has 0 aromatic carbocycles. The summed E-state index contributed by atoms with van der Waals surface area (Å²) in [6, 6.07) is -0.741. The average Bonchev–Trinajstić information content (AvgIpc) is 2.62. The maximum atomic E-state index is 11.9. The SMILES string of the molecule is CCCCCCCCCCCCCCCC(=O)NC(CC)C(C)N(O)O. The molecule has 5 heteroatoms. The van der Waals surface area contributed by atoms with Crippen molar-refractivity contribution >= 4 is 5.91 Å². The third kappa shape index (κ3) is 14.5. The number of hydrogen-bond acceptors (Lipinski definition) is 4. The number of hydroxylamine groups is 2. The molecule has 26 heavy (non-hydrogen) atoms. The first kappa shape index (κ1) is 25.4. The predicted octanol–water partition coefficient (Wildman–Crippen LogP) is 5.83. The molecule has 0 aromatic heterocycles. The third-order valence-electron chi connectivity index (χ3n) is 5.24. The van der Waals surface area contributed by atoms with Crippen LogP contribution in [0.25, 0.3) is 0 Å². The molecular weight excluding hydrogens is 328 g/mol. The minimum atomic E-state index is -0.504. The van der Waals surface area contributed by atoms with E-state index in [0.717, 1.165) is 12.8 Å². The Balaban J connectivity index is 3.45. The van der Waals surface area contributed by atoms with Crippen LogP contribution in [0.2, 0.25) is 0 Å². The fourth-order valence-electron chi connectivity index (χ4n) is 3.31. The highest BCUT2D eigenvalue weighted by atomic mass is 16.8. The van der Waals surface area contributed by atoms with E-state index in [9.17, 15) is 4.79 Å². The maximum absolute atomic E-state index is 11.9. The molecule has 0 fully saturated rings. The molecule has 0 saturated carbocycles. The molecular formula is C21H44N2O3. The first-order valence-electron chi connectivity index (χ1n) is 11.0. The van der Waals surface area contributed by atoms with Gasteiger partial charge in [-0.15, -0.1) is 0 Å². The molecule has 156 valence electrons. The summed E-state index contributed by atoms with van der Waals surface area (Å²) < 4.78 is 0. The number of carbonyl (C=O) groups is 1. The molecule has 0 aliphatic heterocycles. The quantitative estimate of drug-likeness (QED) is 0.209. The zero-order valence-electron chi connectivity index (χ0n) is 17.5. The summed E-state index contributed by atoms with van der Waals surface area (Å²) >= 11 is 0. The molecule has 2 atom stereocenters. The molecule has 3 N–H and O–H groups in total. The van der Waals surface area contributed by atoms with Crippen LogP contribution in [0, 0.1) is 0 Å². The van der Waals surface area contributed by atoms with E-state index in [1.165, 1.54) is 70.6 Å². The molecule has 0 aliphatic carbocycles. The van der Waals surface area contributed by atoms with E-state index in [2.05, 4.69) is 12.2 Å². The van der Waals surface area contributed by atoms with Crippen molar-refractivity contribution in [1.82, 2.24) is 10.5 Å². The molecule has 1 amide bonds. The number of carbonyl (C=O) groups excluding carboxylic acids is 1. The van der Waals surface area contributed by atoms with Gasteiger partial charge in [0.15, 0.2) is 0 Å². The average molecular weight is 373 g/mol. The molecule has 5 nitrogen and oxygen atoms in total. The van der Waals surface area contributed by atoms with Gasteiger partial charge < -0.3 is 5.32 Å². The number of nitrogens with zero attached hydrogens (tertiary/aromatic N) is 1. The highest BCUT2D eigenvalue weighted by Crippen LogP contribution is 2.13. The molecule has 0 bridgehead atoms. The summed E-state index contributed by atoms with van der Waals surface area (Å²) in [6.07, 6.45) is 18.0. The second-order valence-corrected chi connectivity index (χ2v) is 7.64. The van der Waals surface area contributed by atoms with Gasteiger partial charge in [0.25, 0.3) is 0 Å². The maximum Gasteiger partial charge on any atom is 0.220 e. The Morgan fingerprint density at radius 2 is 1.23 bits per heavy atom. The lowest BCUT2D eigenvalue weighted by atomic mass is 10.0. The zero-order valence-corrected chi connectivity index (χ0v) is 17.5. The van der Waals surface area contributed by atoms with Crippen LogP contribution in [0.3, 0.4) is 0 Å². The first-order valence-corrected chi connectivity index (χ1v) is 11.0. The Kier molecular flexibility index (Phi) is 17.3. The minimum Gasteiger partial charge on any atom is -0.352 e. The lowest BCUT2D eigenvalue weighted by Crippen LogP contribution is -2.47. The lowest BCUT2D eigenvalue weighted by molar-refractivity contribution is -0.332. The minimum absolute atomic E-state index is 0.00798. The van der Waals surface area contributed by atoms with E-state index in [1.807, 2.05) is 6.92 Å². The summed E-state index contributed by atoms with van der Waals surface area (Å²) in [6.45, 7) is 5.87. The Labute approximate surface area is 161 Å². The van der Waals surface area contributed by atoms with Crippen molar-refractivity contribution in [3.63, 3.8) is 0 Å². The molecule has 0 radical (unpaired) electrons. The molecule has 0 saturated heterocycles. The largest absolute Gasteiger partial charge is 0.352 e. The molecule has 0 aromatic rings. The number of hydrogen-bond donors (Lipinski definition) is 3. The van der Waals surface area contributed by atoms with Gasteiger partial charge in [-0.25, -0.2) is 0 Å². The summed E-state index contributed by atoms with van der Waals surface area (Å²) in [4.78, 5) is 11.9. The Hall–Kier alpha value is -0.650. The van der Waals surface area contributed by atoms with Crippen molar-refractivity contribution in [3.05, 3.63) is 0 Å². The number of amides is 1. The van der Waals surface area contributed by atoms with Gasteiger partial charge in [0.2, 0.25) is 5.91 Å². The van der Waals surface area contributed by atoms with Gasteiger partial charge in [0, 0.05) is 12.5 Å². The summed E-state index contributed by atoms with van der Waals surface area (Å²) in [5.74, 6) is 0.00798. The van der Waals surface area contributed by atoms with Crippen LogP contribution in [0.15, 0.2) is 0 Å². The van der Waals surface area contributed by atoms with Gasteiger partial charge in [-0.2, -0.15) is 0 Å². The zero-order chi connectivity index (χ0) is 19.6. The molecule has 0 rings (SSSR count). The van der Waals surface area contributed by atoms with Crippen molar-refractivity contribution in [2.75, 3.05) is 0 Å². The van der Waals surface area contributed by atoms with E-state index in [0.29, 0.717) is 12.8 Å². The molecule has 0 spiro atoms. The number of nitrogens with one attached hydrogen (secondary N) is 1. The number of rotatable bonds is 18. The standard InChI is InChI=1S/C21H44N2O3/c1-4-6-7-8-9-10-11-12-13-14-15-16-17-18-21(24)22-20(5-2)19(3)23(25)26/h19-20,25-26H,4-18H2,1-3H3,(H,22,24). The summed E-state index contributed by atoms with van der Waals surface area (Å²) in [7, 11) is 0. The van der Waals surface area contributed by atoms with Crippen LogP contribution >= 0.6 is 0 Å².